The molecule has 0 unspecified atom stereocenters. The molecule has 3 aromatic rings. The molecule has 0 fully saturated rings. The SMILES string of the molecule is CCCc1cc(-c2nc(-c3ccc(Cl)cc3Cl)cs2)ccn1.[Br-]. The van der Waals surface area contributed by atoms with Gasteiger partial charge in [-0.25, -0.2) is 4.98 Å². The van der Waals surface area contributed by atoms with Crippen LogP contribution in [0, 0.1) is 0 Å². The summed E-state index contributed by atoms with van der Waals surface area (Å²) in [6.45, 7) is 2.15. The monoisotopic (exact) mass is 427 g/mol. The van der Waals surface area contributed by atoms with Gasteiger partial charge in [-0.15, -0.1) is 11.3 Å². The van der Waals surface area contributed by atoms with Crippen molar-refractivity contribution in [1.82, 2.24) is 9.97 Å². The Morgan fingerprint density at radius 2 is 1.96 bits per heavy atom. The number of benzene rings is 1. The van der Waals surface area contributed by atoms with Gasteiger partial charge in [-0.3, -0.25) is 4.98 Å². The van der Waals surface area contributed by atoms with E-state index in [1.807, 2.05) is 29.8 Å². The van der Waals surface area contributed by atoms with Crippen molar-refractivity contribution in [2.24, 2.45) is 0 Å². The minimum Gasteiger partial charge on any atom is -1.00 e. The van der Waals surface area contributed by atoms with Crippen LogP contribution in [0.25, 0.3) is 21.8 Å². The van der Waals surface area contributed by atoms with E-state index in [4.69, 9.17) is 28.2 Å². The summed E-state index contributed by atoms with van der Waals surface area (Å²) < 4.78 is 0. The lowest BCUT2D eigenvalue weighted by molar-refractivity contribution is -0.00000431. The number of thiazole rings is 1. The van der Waals surface area contributed by atoms with Gasteiger partial charge >= 0.3 is 0 Å². The van der Waals surface area contributed by atoms with Gasteiger partial charge < -0.3 is 17.0 Å². The van der Waals surface area contributed by atoms with E-state index in [0.29, 0.717) is 10.0 Å². The maximum Gasteiger partial charge on any atom is 0.124 e. The molecule has 0 amide bonds. The van der Waals surface area contributed by atoms with Crippen molar-refractivity contribution in [1.29, 1.82) is 0 Å². The lowest BCUT2D eigenvalue weighted by Gasteiger charge is -2.02. The highest BCUT2D eigenvalue weighted by Crippen LogP contribution is 2.34. The molecule has 120 valence electrons. The van der Waals surface area contributed by atoms with Crippen molar-refractivity contribution < 1.29 is 17.0 Å². The molecule has 0 saturated carbocycles. The molecule has 2 nitrogen and oxygen atoms in total. The third-order valence-corrected chi connectivity index (χ3v) is 4.72. The van der Waals surface area contributed by atoms with Crippen LogP contribution in [-0.4, -0.2) is 9.97 Å². The number of aromatic nitrogens is 2. The largest absolute Gasteiger partial charge is 1.00 e. The summed E-state index contributed by atoms with van der Waals surface area (Å²) in [6, 6.07) is 9.57. The zero-order valence-corrected chi connectivity index (χ0v) is 16.3. The number of hydrogen-bond donors (Lipinski definition) is 0. The van der Waals surface area contributed by atoms with E-state index in [1.165, 1.54) is 0 Å². The van der Waals surface area contributed by atoms with Gasteiger partial charge in [0.2, 0.25) is 0 Å². The van der Waals surface area contributed by atoms with Crippen LogP contribution in [0.15, 0.2) is 41.9 Å². The number of halogens is 3. The molecule has 0 bridgehead atoms. The molecule has 2 heterocycles. The first-order valence-electron chi connectivity index (χ1n) is 7.03. The summed E-state index contributed by atoms with van der Waals surface area (Å²) in [5.74, 6) is 0. The molecular formula is C17H14BrCl2N2S-. The predicted octanol–water partition coefficient (Wildman–Crippen LogP) is 3.14. The summed E-state index contributed by atoms with van der Waals surface area (Å²) >= 11 is 13.8. The second kappa shape index (κ2) is 8.25. The van der Waals surface area contributed by atoms with E-state index in [2.05, 4.69) is 18.0 Å². The normalized spacial score (nSPS) is 10.4. The lowest BCUT2D eigenvalue weighted by atomic mass is 10.1. The van der Waals surface area contributed by atoms with Crippen molar-refractivity contribution in [3.63, 3.8) is 0 Å². The number of hydrogen-bond acceptors (Lipinski definition) is 3. The van der Waals surface area contributed by atoms with Crippen LogP contribution in [0.2, 0.25) is 10.0 Å². The van der Waals surface area contributed by atoms with Crippen LogP contribution >= 0.6 is 34.5 Å². The highest BCUT2D eigenvalue weighted by atomic mass is 79.9. The second-order valence-corrected chi connectivity index (χ2v) is 6.65. The molecule has 0 saturated heterocycles. The smallest absolute Gasteiger partial charge is 0.124 e. The molecule has 2 aromatic heterocycles. The van der Waals surface area contributed by atoms with Gasteiger partial charge in [0, 0.05) is 33.4 Å². The topological polar surface area (TPSA) is 25.8 Å². The first-order chi connectivity index (χ1) is 10.7. The van der Waals surface area contributed by atoms with Gasteiger partial charge in [-0.05, 0) is 36.8 Å². The van der Waals surface area contributed by atoms with E-state index in [0.717, 1.165) is 40.4 Å². The summed E-state index contributed by atoms with van der Waals surface area (Å²) in [7, 11) is 0. The van der Waals surface area contributed by atoms with E-state index >= 15 is 0 Å². The molecule has 0 aliphatic heterocycles. The third kappa shape index (κ3) is 4.32. The zero-order valence-electron chi connectivity index (χ0n) is 12.4. The van der Waals surface area contributed by atoms with Crippen LogP contribution in [0.1, 0.15) is 19.0 Å². The Morgan fingerprint density at radius 1 is 1.13 bits per heavy atom. The fourth-order valence-electron chi connectivity index (χ4n) is 2.23. The van der Waals surface area contributed by atoms with E-state index < -0.39 is 0 Å². The number of pyridine rings is 1. The maximum absolute atomic E-state index is 6.26. The fraction of sp³-hybridized carbons (Fsp3) is 0.176. The summed E-state index contributed by atoms with van der Waals surface area (Å²) in [5.41, 5.74) is 3.97. The molecule has 0 N–H and O–H groups in total. The Morgan fingerprint density at radius 3 is 2.70 bits per heavy atom. The second-order valence-electron chi connectivity index (χ2n) is 4.95. The average molecular weight is 429 g/mol. The van der Waals surface area contributed by atoms with E-state index in [-0.39, 0.29) is 17.0 Å². The van der Waals surface area contributed by atoms with Crippen molar-refractivity contribution in [3.8, 4) is 21.8 Å². The zero-order chi connectivity index (χ0) is 15.5. The number of nitrogens with zero attached hydrogens (tertiary/aromatic N) is 2. The molecule has 0 aliphatic carbocycles. The standard InChI is InChI=1S/C17H14Cl2N2S.BrH/c1-2-3-13-8-11(6-7-20-13)17-21-16(10-22-17)14-5-4-12(18)9-15(14)19;/h4-10H,2-3H2,1H3;1H/p-1. The highest BCUT2D eigenvalue weighted by Gasteiger charge is 2.10. The Hall–Kier alpha value is -0.940. The van der Waals surface area contributed by atoms with Gasteiger partial charge in [0.15, 0.2) is 0 Å². The summed E-state index contributed by atoms with van der Waals surface area (Å²) in [5, 5.41) is 4.23. The molecule has 1 aromatic carbocycles. The van der Waals surface area contributed by atoms with E-state index in [1.54, 1.807) is 17.4 Å². The van der Waals surface area contributed by atoms with Crippen molar-refractivity contribution in [2.45, 2.75) is 19.8 Å². The minimum absolute atomic E-state index is 0. The lowest BCUT2D eigenvalue weighted by Crippen LogP contribution is -3.00. The summed E-state index contributed by atoms with van der Waals surface area (Å²) in [6.07, 6.45) is 3.91. The maximum atomic E-state index is 6.26. The Balaban J connectivity index is 0.00000192. The Bertz CT molecular complexity index is 805. The van der Waals surface area contributed by atoms with Crippen molar-refractivity contribution in [2.75, 3.05) is 0 Å². The highest BCUT2D eigenvalue weighted by molar-refractivity contribution is 7.13. The molecule has 0 aliphatic rings. The van der Waals surface area contributed by atoms with Crippen LogP contribution in [0.5, 0.6) is 0 Å². The molecule has 3 rings (SSSR count). The fourth-order valence-corrected chi connectivity index (χ4v) is 3.55. The van der Waals surface area contributed by atoms with Crippen LogP contribution in [0.4, 0.5) is 0 Å². The molecule has 6 heteroatoms. The number of aryl methyl sites for hydroxylation is 1. The quantitative estimate of drug-likeness (QED) is 0.637. The molecular weight excluding hydrogens is 415 g/mol. The molecule has 23 heavy (non-hydrogen) atoms. The van der Waals surface area contributed by atoms with Crippen molar-refractivity contribution in [3.05, 3.63) is 57.6 Å². The van der Waals surface area contributed by atoms with Crippen molar-refractivity contribution >= 4 is 34.5 Å². The Labute approximate surface area is 160 Å². The molecule has 0 radical (unpaired) electrons. The van der Waals surface area contributed by atoms with Gasteiger partial charge in [0.25, 0.3) is 0 Å². The first-order valence-corrected chi connectivity index (χ1v) is 8.67. The first kappa shape index (κ1) is 18.4. The Kier molecular flexibility index (Phi) is 6.60. The minimum atomic E-state index is 0. The van der Waals surface area contributed by atoms with Gasteiger partial charge in [-0.1, -0.05) is 36.5 Å². The third-order valence-electron chi connectivity index (χ3n) is 3.28. The summed E-state index contributed by atoms with van der Waals surface area (Å²) in [4.78, 5) is 9.09. The average Bonchev–Trinajstić information content (AvgIpc) is 2.97. The van der Waals surface area contributed by atoms with Gasteiger partial charge in [0.05, 0.1) is 10.7 Å². The van der Waals surface area contributed by atoms with Crippen LogP contribution < -0.4 is 17.0 Å². The molecule has 0 atom stereocenters. The number of rotatable bonds is 4. The molecule has 0 spiro atoms. The van der Waals surface area contributed by atoms with Crippen LogP contribution in [0.3, 0.4) is 0 Å². The van der Waals surface area contributed by atoms with E-state index in [9.17, 15) is 0 Å². The predicted molar refractivity (Wildman–Crippen MR) is 94.8 cm³/mol. The van der Waals surface area contributed by atoms with Crippen LogP contribution in [-0.2, 0) is 6.42 Å². The van der Waals surface area contributed by atoms with Gasteiger partial charge in [0.1, 0.15) is 5.01 Å². The van der Waals surface area contributed by atoms with Gasteiger partial charge in [-0.2, -0.15) is 0 Å².